The lowest BCUT2D eigenvalue weighted by Crippen LogP contribution is -2.72. The van der Waals surface area contributed by atoms with Gasteiger partial charge in [-0.2, -0.15) is 8.42 Å². The molecule has 20 nitrogen and oxygen atoms in total. The number of aliphatic hydroxyl groups excluding tert-OH is 7. The van der Waals surface area contributed by atoms with E-state index < -0.39 is 127 Å². The SMILES string of the molecule is CCCC(=O)N[C@@H]1O[C@H](CO)[C@@H](O[C@@H]2O[C@H](CO)[C@H](O)[C@H](OS(=O)(=O)O)[C@H]2O)[C@H](O[C@@H]2O[C@@H](C)[C@@H](O)[C@@H](O)[C@@H]2O)[C@H]1NC(C)=O. The van der Waals surface area contributed by atoms with E-state index in [4.69, 9.17) is 23.7 Å². The van der Waals surface area contributed by atoms with Crippen molar-refractivity contribution in [3.8, 4) is 0 Å². The van der Waals surface area contributed by atoms with E-state index in [1.807, 2.05) is 0 Å². The highest BCUT2D eigenvalue weighted by molar-refractivity contribution is 7.80. The lowest BCUT2D eigenvalue weighted by Gasteiger charge is -2.50. The molecule has 0 spiro atoms. The third kappa shape index (κ3) is 9.24. The van der Waals surface area contributed by atoms with Crippen LogP contribution in [0.2, 0.25) is 0 Å². The van der Waals surface area contributed by atoms with Crippen molar-refractivity contribution in [3.63, 3.8) is 0 Å². The zero-order chi connectivity index (χ0) is 33.8. The summed E-state index contributed by atoms with van der Waals surface area (Å²) in [6.45, 7) is 2.38. The molecule has 0 aromatic heterocycles. The Morgan fingerprint density at radius 2 is 1.38 bits per heavy atom. The first-order valence-electron chi connectivity index (χ1n) is 14.1. The zero-order valence-corrected chi connectivity index (χ0v) is 25.4. The second-order valence-electron chi connectivity index (χ2n) is 10.9. The van der Waals surface area contributed by atoms with Crippen LogP contribution in [0.5, 0.6) is 0 Å². The highest BCUT2D eigenvalue weighted by Gasteiger charge is 2.55. The predicted octanol–water partition coefficient (Wildman–Crippen LogP) is -5.65. The molecule has 3 heterocycles. The number of carbonyl (C=O) groups is 2. The Morgan fingerprint density at radius 1 is 0.778 bits per heavy atom. The van der Waals surface area contributed by atoms with E-state index in [1.165, 1.54) is 6.92 Å². The minimum atomic E-state index is -5.27. The van der Waals surface area contributed by atoms with Crippen molar-refractivity contribution in [3.05, 3.63) is 0 Å². The minimum Gasteiger partial charge on any atom is -0.394 e. The number of amides is 2. The molecule has 3 rings (SSSR count). The van der Waals surface area contributed by atoms with E-state index in [2.05, 4.69) is 14.8 Å². The Morgan fingerprint density at radius 3 is 1.93 bits per heavy atom. The van der Waals surface area contributed by atoms with Gasteiger partial charge in [-0.05, 0) is 13.3 Å². The molecule has 0 unspecified atom stereocenters. The van der Waals surface area contributed by atoms with Crippen molar-refractivity contribution in [2.45, 2.75) is 126 Å². The van der Waals surface area contributed by atoms with Crippen molar-refractivity contribution in [1.29, 1.82) is 0 Å². The number of ether oxygens (including phenoxy) is 5. The largest absolute Gasteiger partial charge is 0.397 e. The number of nitrogens with one attached hydrogen (secondary N) is 2. The van der Waals surface area contributed by atoms with Gasteiger partial charge in [-0.1, -0.05) is 6.92 Å². The molecule has 3 aliphatic rings. The molecule has 0 aromatic carbocycles. The molecule has 3 fully saturated rings. The molecule has 3 saturated heterocycles. The van der Waals surface area contributed by atoms with Gasteiger partial charge in [0.2, 0.25) is 11.8 Å². The van der Waals surface area contributed by atoms with Crippen molar-refractivity contribution < 1.29 is 86.2 Å². The van der Waals surface area contributed by atoms with E-state index in [1.54, 1.807) is 6.92 Å². The molecule has 2 amide bonds. The molecule has 21 heteroatoms. The highest BCUT2D eigenvalue weighted by Crippen LogP contribution is 2.33. The zero-order valence-electron chi connectivity index (χ0n) is 24.6. The third-order valence-corrected chi connectivity index (χ3v) is 7.93. The molecule has 0 aliphatic carbocycles. The van der Waals surface area contributed by atoms with Gasteiger partial charge >= 0.3 is 10.4 Å². The first kappa shape index (κ1) is 37.8. The molecule has 0 saturated carbocycles. The molecular weight excluding hydrogens is 636 g/mol. The Kier molecular flexibility index (Phi) is 13.4. The van der Waals surface area contributed by atoms with Crippen LogP contribution in [0.3, 0.4) is 0 Å². The highest BCUT2D eigenvalue weighted by atomic mass is 32.3. The van der Waals surface area contributed by atoms with Crippen LogP contribution in [-0.4, -0.2) is 166 Å². The predicted molar refractivity (Wildman–Crippen MR) is 143 cm³/mol. The van der Waals surface area contributed by atoms with Gasteiger partial charge in [0.1, 0.15) is 67.1 Å². The van der Waals surface area contributed by atoms with Crippen molar-refractivity contribution >= 4 is 22.2 Å². The molecule has 262 valence electrons. The van der Waals surface area contributed by atoms with Gasteiger partial charge in [0.15, 0.2) is 18.8 Å². The van der Waals surface area contributed by atoms with Gasteiger partial charge in [-0.3, -0.25) is 14.1 Å². The lowest BCUT2D eigenvalue weighted by atomic mass is 9.93. The molecule has 0 aromatic rings. The summed E-state index contributed by atoms with van der Waals surface area (Å²) in [4.78, 5) is 24.9. The summed E-state index contributed by atoms with van der Waals surface area (Å²) in [5.41, 5.74) is 0. The second-order valence-corrected chi connectivity index (χ2v) is 11.9. The van der Waals surface area contributed by atoms with Crippen LogP contribution in [0.15, 0.2) is 0 Å². The van der Waals surface area contributed by atoms with Crippen LogP contribution in [0.25, 0.3) is 0 Å². The first-order chi connectivity index (χ1) is 21.0. The van der Waals surface area contributed by atoms with E-state index >= 15 is 0 Å². The van der Waals surface area contributed by atoms with Gasteiger partial charge in [-0.25, -0.2) is 4.18 Å². The number of aliphatic hydroxyl groups is 7. The van der Waals surface area contributed by atoms with Crippen molar-refractivity contribution in [2.75, 3.05) is 13.2 Å². The average molecular weight is 679 g/mol. The van der Waals surface area contributed by atoms with Gasteiger partial charge in [0.25, 0.3) is 0 Å². The maximum atomic E-state index is 12.6. The molecule has 15 atom stereocenters. The van der Waals surface area contributed by atoms with Crippen molar-refractivity contribution in [2.24, 2.45) is 0 Å². The van der Waals surface area contributed by atoms with Crippen LogP contribution in [0, 0.1) is 0 Å². The lowest BCUT2D eigenvalue weighted by molar-refractivity contribution is -0.360. The van der Waals surface area contributed by atoms with Gasteiger partial charge in [0, 0.05) is 13.3 Å². The van der Waals surface area contributed by atoms with Crippen LogP contribution in [0.1, 0.15) is 33.6 Å². The summed E-state index contributed by atoms with van der Waals surface area (Å²) >= 11 is 0. The van der Waals surface area contributed by atoms with E-state index in [0.717, 1.165) is 6.92 Å². The fraction of sp³-hybridized carbons (Fsp3) is 0.917. The van der Waals surface area contributed by atoms with Crippen LogP contribution in [0.4, 0.5) is 0 Å². The standard InChI is InChI=1S/C24H42N2O18S/c1-4-5-12(30)26-22-13(25-9(3)29)20(43-23-17(34)16(33)14(31)8(2)39-23)19(11(7-28)40-22)42-24-18(35)21(44-45(36,37)38)15(32)10(6-27)41-24/h8,10-11,13-24,27-28,31-35H,4-7H2,1-3H3,(H,25,29)(H,26,30)(H,36,37,38)/t8-,10+,11+,13+,14+,15-,16+,17-,18+,19+,20+,21-,22+,23-,24-/m0/s1. The molecule has 45 heavy (non-hydrogen) atoms. The molecule has 3 aliphatic heterocycles. The number of hydrogen-bond donors (Lipinski definition) is 10. The number of rotatable bonds is 12. The normalized spacial score (nSPS) is 42.6. The van der Waals surface area contributed by atoms with Crippen LogP contribution in [-0.2, 0) is 47.9 Å². The molecule has 0 radical (unpaired) electrons. The van der Waals surface area contributed by atoms with E-state index in [-0.39, 0.29) is 6.42 Å². The quantitative estimate of drug-likeness (QED) is 0.0860. The summed E-state index contributed by atoms with van der Waals surface area (Å²) < 4.78 is 65.1. The van der Waals surface area contributed by atoms with E-state index in [0.29, 0.717) is 6.42 Å². The average Bonchev–Trinajstić information content (AvgIpc) is 2.95. The summed E-state index contributed by atoms with van der Waals surface area (Å²) in [5.74, 6) is -1.20. The molecule has 10 N–H and O–H groups in total. The third-order valence-electron chi connectivity index (χ3n) is 7.47. The van der Waals surface area contributed by atoms with Crippen LogP contribution < -0.4 is 10.6 Å². The minimum absolute atomic E-state index is 0.0378. The monoisotopic (exact) mass is 678 g/mol. The van der Waals surface area contributed by atoms with Crippen LogP contribution >= 0.6 is 0 Å². The Bertz CT molecular complexity index is 1100. The number of carbonyl (C=O) groups excluding carboxylic acids is 2. The fourth-order valence-electron chi connectivity index (χ4n) is 5.24. The smallest absolute Gasteiger partial charge is 0.394 e. The second kappa shape index (κ2) is 16.0. The molecule has 0 bridgehead atoms. The summed E-state index contributed by atoms with van der Waals surface area (Å²) in [7, 11) is -5.27. The maximum Gasteiger partial charge on any atom is 0.397 e. The Hall–Kier alpha value is -1.67. The molecular formula is C24H42N2O18S. The van der Waals surface area contributed by atoms with E-state index in [9.17, 15) is 58.3 Å². The summed E-state index contributed by atoms with van der Waals surface area (Å²) in [5, 5.41) is 77.5. The van der Waals surface area contributed by atoms with Gasteiger partial charge < -0.3 is 70.1 Å². The number of hydrogen-bond acceptors (Lipinski definition) is 17. The van der Waals surface area contributed by atoms with Gasteiger partial charge in [0.05, 0.1) is 19.3 Å². The summed E-state index contributed by atoms with van der Waals surface area (Å²) in [6, 6.07) is -1.41. The Balaban J connectivity index is 2.05. The fourth-order valence-corrected chi connectivity index (χ4v) is 5.75. The summed E-state index contributed by atoms with van der Waals surface area (Å²) in [6.07, 6.45) is -23.7. The Labute approximate surface area is 258 Å². The van der Waals surface area contributed by atoms with Gasteiger partial charge in [-0.15, -0.1) is 0 Å². The van der Waals surface area contributed by atoms with Crippen molar-refractivity contribution in [1.82, 2.24) is 10.6 Å². The topological polar surface area (TPSA) is 310 Å². The maximum absolute atomic E-state index is 12.6. The first-order valence-corrected chi connectivity index (χ1v) is 15.5.